The molecule has 172 valence electrons. The molecule has 1 unspecified atom stereocenters. The first-order valence-electron chi connectivity index (χ1n) is 10.1. The predicted molar refractivity (Wildman–Crippen MR) is 122 cm³/mol. The summed E-state index contributed by atoms with van der Waals surface area (Å²) in [5.74, 6) is 0.800. The Labute approximate surface area is 197 Å². The van der Waals surface area contributed by atoms with Crippen LogP contribution in [-0.2, 0) is 4.79 Å². The van der Waals surface area contributed by atoms with E-state index in [1.807, 2.05) is 0 Å². The van der Waals surface area contributed by atoms with E-state index in [0.717, 1.165) is 0 Å². The summed E-state index contributed by atoms with van der Waals surface area (Å²) in [6.07, 6.45) is 0.468. The van der Waals surface area contributed by atoms with Crippen LogP contribution >= 0.6 is 11.8 Å². The van der Waals surface area contributed by atoms with Crippen LogP contribution in [0.3, 0.4) is 0 Å². The Hall–Kier alpha value is -4.19. The van der Waals surface area contributed by atoms with Crippen molar-refractivity contribution in [2.45, 2.75) is 18.3 Å². The lowest BCUT2D eigenvalue weighted by atomic mass is 10.1. The van der Waals surface area contributed by atoms with Gasteiger partial charge >= 0.3 is 0 Å². The van der Waals surface area contributed by atoms with Gasteiger partial charge in [0.05, 0.1) is 22.2 Å². The summed E-state index contributed by atoms with van der Waals surface area (Å²) in [5, 5.41) is 20.8. The van der Waals surface area contributed by atoms with Crippen LogP contribution in [0.1, 0.15) is 18.7 Å². The van der Waals surface area contributed by atoms with Gasteiger partial charge in [0, 0.05) is 18.2 Å². The quantitative estimate of drug-likeness (QED) is 0.230. The van der Waals surface area contributed by atoms with Gasteiger partial charge < -0.3 is 14.2 Å². The maximum atomic E-state index is 12.9. The molecule has 1 amide bonds. The second-order valence-corrected chi connectivity index (χ2v) is 8.23. The molecule has 0 N–H and O–H groups in total. The fourth-order valence-electron chi connectivity index (χ4n) is 3.75. The summed E-state index contributed by atoms with van der Waals surface area (Å²) < 4.78 is 17.0. The minimum Gasteiger partial charge on any atom is -0.454 e. The van der Waals surface area contributed by atoms with Crippen LogP contribution in [0.25, 0.3) is 11.3 Å². The van der Waals surface area contributed by atoms with Crippen molar-refractivity contribution in [1.82, 2.24) is 15.2 Å². The van der Waals surface area contributed by atoms with Gasteiger partial charge in [-0.25, -0.2) is 0 Å². The molecule has 1 aromatic heterocycles. The van der Waals surface area contributed by atoms with Crippen LogP contribution < -0.4 is 19.1 Å². The molecular weight excluding hydrogens is 462 g/mol. The highest BCUT2D eigenvalue weighted by Gasteiger charge is 2.39. The second kappa shape index (κ2) is 8.63. The van der Waals surface area contributed by atoms with E-state index < -0.39 is 17.1 Å². The summed E-state index contributed by atoms with van der Waals surface area (Å²) in [6.45, 7) is 4.97. The third-order valence-electron chi connectivity index (χ3n) is 5.17. The summed E-state index contributed by atoms with van der Waals surface area (Å²) in [6, 6.07) is 9.73. The number of para-hydroxylation sites is 1. The van der Waals surface area contributed by atoms with Gasteiger partial charge in [0.1, 0.15) is 0 Å². The molecule has 12 heteroatoms. The van der Waals surface area contributed by atoms with Gasteiger partial charge in [-0.2, -0.15) is 4.98 Å². The van der Waals surface area contributed by atoms with Crippen molar-refractivity contribution in [1.29, 1.82) is 0 Å². The standard InChI is InChI=1S/C22H17N5O6S/c1-3-8-34-22-23-20-19(24-25-22)13-6-4-5-7-15(13)26(12(2)28)21(33-20)14-9-17-18(32-11-31-17)10-16(14)27(29)30/h3-7,9-10,21H,1,8,11H2,2H3. The van der Waals surface area contributed by atoms with Crippen molar-refractivity contribution in [3.05, 3.63) is 64.7 Å². The molecule has 11 nitrogen and oxygen atoms in total. The lowest BCUT2D eigenvalue weighted by molar-refractivity contribution is -0.386. The van der Waals surface area contributed by atoms with Crippen molar-refractivity contribution in [3.63, 3.8) is 0 Å². The van der Waals surface area contributed by atoms with Gasteiger partial charge in [-0.3, -0.25) is 19.8 Å². The fraction of sp³-hybridized carbons (Fsp3) is 0.182. The minimum absolute atomic E-state index is 0.0649. The number of carbonyl (C=O) groups excluding carboxylic acids is 1. The number of anilines is 1. The highest BCUT2D eigenvalue weighted by atomic mass is 32.2. The maximum absolute atomic E-state index is 12.9. The number of aromatic nitrogens is 3. The SMILES string of the molecule is C=CCSc1nnc2c(n1)OC(c1cc3c(cc1[N+](=O)[O-])OCO3)N(C(C)=O)c1ccccc1-2. The van der Waals surface area contributed by atoms with Crippen molar-refractivity contribution >= 4 is 29.0 Å². The Bertz CT molecular complexity index is 1330. The molecule has 0 saturated heterocycles. The molecule has 0 aliphatic carbocycles. The first kappa shape index (κ1) is 21.6. The molecule has 5 rings (SSSR count). The number of carbonyl (C=O) groups is 1. The van der Waals surface area contributed by atoms with Crippen LogP contribution in [0.5, 0.6) is 17.4 Å². The molecular formula is C22H17N5O6S. The van der Waals surface area contributed by atoms with E-state index in [1.165, 1.54) is 35.7 Å². The van der Waals surface area contributed by atoms with Gasteiger partial charge in [0.15, 0.2) is 17.2 Å². The largest absolute Gasteiger partial charge is 0.454 e. The van der Waals surface area contributed by atoms with E-state index in [4.69, 9.17) is 14.2 Å². The molecule has 0 radical (unpaired) electrons. The number of ether oxygens (including phenoxy) is 3. The number of benzene rings is 2. The molecule has 1 atom stereocenters. The lowest BCUT2D eigenvalue weighted by Crippen LogP contribution is -2.36. The first-order valence-corrected chi connectivity index (χ1v) is 11.1. The Morgan fingerprint density at radius 3 is 2.79 bits per heavy atom. The summed E-state index contributed by atoms with van der Waals surface area (Å²) in [4.78, 5) is 30.2. The Morgan fingerprint density at radius 2 is 2.06 bits per heavy atom. The molecule has 0 bridgehead atoms. The second-order valence-electron chi connectivity index (χ2n) is 7.25. The summed E-state index contributed by atoms with van der Waals surface area (Å²) in [7, 11) is 0. The van der Waals surface area contributed by atoms with Gasteiger partial charge in [0.25, 0.3) is 5.69 Å². The summed E-state index contributed by atoms with van der Waals surface area (Å²) >= 11 is 1.30. The van der Waals surface area contributed by atoms with Gasteiger partial charge in [-0.05, 0) is 12.1 Å². The van der Waals surface area contributed by atoms with E-state index in [9.17, 15) is 14.9 Å². The number of nitro benzene ring substituents is 1. The van der Waals surface area contributed by atoms with Crippen LogP contribution in [-0.4, -0.2) is 38.6 Å². The zero-order valence-corrected chi connectivity index (χ0v) is 18.7. The average Bonchev–Trinajstić information content (AvgIpc) is 3.23. The van der Waals surface area contributed by atoms with Gasteiger partial charge in [-0.15, -0.1) is 16.8 Å². The van der Waals surface area contributed by atoms with E-state index in [1.54, 1.807) is 30.3 Å². The minimum atomic E-state index is -1.23. The molecule has 2 aliphatic heterocycles. The number of hydrogen-bond donors (Lipinski definition) is 0. The zero-order chi connectivity index (χ0) is 23.8. The molecule has 3 aromatic rings. The monoisotopic (exact) mass is 479 g/mol. The number of thioether (sulfide) groups is 1. The highest BCUT2D eigenvalue weighted by Crippen LogP contribution is 2.47. The van der Waals surface area contributed by atoms with Crippen LogP contribution in [0, 0.1) is 10.1 Å². The van der Waals surface area contributed by atoms with Gasteiger partial charge in [-0.1, -0.05) is 36.0 Å². The smallest absolute Gasteiger partial charge is 0.282 e. The van der Waals surface area contributed by atoms with E-state index in [2.05, 4.69) is 21.8 Å². The van der Waals surface area contributed by atoms with Crippen molar-refractivity contribution < 1.29 is 23.9 Å². The molecule has 2 aromatic carbocycles. The number of nitrogens with zero attached hydrogens (tertiary/aromatic N) is 5. The van der Waals surface area contributed by atoms with Crippen molar-refractivity contribution in [3.8, 4) is 28.6 Å². The molecule has 0 spiro atoms. The highest BCUT2D eigenvalue weighted by molar-refractivity contribution is 7.99. The number of rotatable bonds is 5. The topological polar surface area (TPSA) is 130 Å². The molecule has 3 heterocycles. The van der Waals surface area contributed by atoms with E-state index >= 15 is 0 Å². The Kier molecular flexibility index (Phi) is 5.49. The predicted octanol–water partition coefficient (Wildman–Crippen LogP) is 3.90. The molecule has 2 aliphatic rings. The average molecular weight is 479 g/mol. The van der Waals surface area contributed by atoms with E-state index in [-0.39, 0.29) is 29.7 Å². The van der Waals surface area contributed by atoms with Crippen molar-refractivity contribution in [2.24, 2.45) is 0 Å². The van der Waals surface area contributed by atoms with Crippen molar-refractivity contribution in [2.75, 3.05) is 17.4 Å². The van der Waals surface area contributed by atoms with Gasteiger partial charge in [0.2, 0.25) is 30.0 Å². The maximum Gasteiger partial charge on any atom is 0.282 e. The normalized spacial score (nSPS) is 15.6. The number of fused-ring (bicyclic) bond motifs is 4. The fourth-order valence-corrected chi connectivity index (χ4v) is 4.27. The number of amides is 1. The van der Waals surface area contributed by atoms with E-state index in [0.29, 0.717) is 33.6 Å². The Balaban J connectivity index is 1.74. The number of nitro groups is 1. The zero-order valence-electron chi connectivity index (χ0n) is 17.8. The molecule has 0 fully saturated rings. The van der Waals surface area contributed by atoms with Crippen LogP contribution in [0.4, 0.5) is 11.4 Å². The number of hydrogen-bond acceptors (Lipinski definition) is 10. The third-order valence-corrected chi connectivity index (χ3v) is 6.00. The molecule has 34 heavy (non-hydrogen) atoms. The van der Waals surface area contributed by atoms with Crippen LogP contribution in [0.15, 0.2) is 54.2 Å². The first-order chi connectivity index (χ1) is 16.5. The Morgan fingerprint density at radius 1 is 1.29 bits per heavy atom. The lowest BCUT2D eigenvalue weighted by Gasteiger charge is -2.29. The van der Waals surface area contributed by atoms with Crippen LogP contribution in [0.2, 0.25) is 0 Å². The third kappa shape index (κ3) is 3.67. The summed E-state index contributed by atoms with van der Waals surface area (Å²) in [5.41, 5.74) is 1.14. The molecule has 0 saturated carbocycles.